The second-order valence-corrected chi connectivity index (χ2v) is 6.71. The number of hydrogen-bond donors (Lipinski definition) is 2. The van der Waals surface area contributed by atoms with Gasteiger partial charge in [0.1, 0.15) is 5.54 Å². The molecule has 3 heteroatoms. The topological polar surface area (TPSA) is 63.3 Å². The Morgan fingerprint density at radius 1 is 0.920 bits per heavy atom. The lowest BCUT2D eigenvalue weighted by atomic mass is 9.81. The SMILES string of the molecule is CCCCCCCCC(N)(C(=O)O)c1ccccc1-c1ccccc1. The van der Waals surface area contributed by atoms with Crippen molar-refractivity contribution in [1.82, 2.24) is 0 Å². The van der Waals surface area contributed by atoms with Gasteiger partial charge in [-0.2, -0.15) is 0 Å². The van der Waals surface area contributed by atoms with E-state index in [1.807, 2.05) is 54.6 Å². The zero-order valence-corrected chi connectivity index (χ0v) is 15.1. The minimum atomic E-state index is -1.35. The highest BCUT2D eigenvalue weighted by Crippen LogP contribution is 2.34. The lowest BCUT2D eigenvalue weighted by Gasteiger charge is -2.28. The molecule has 0 aromatic heterocycles. The van der Waals surface area contributed by atoms with E-state index >= 15 is 0 Å². The molecule has 0 aliphatic rings. The monoisotopic (exact) mass is 339 g/mol. The number of carbonyl (C=O) groups is 1. The minimum absolute atomic E-state index is 0.457. The summed E-state index contributed by atoms with van der Waals surface area (Å²) in [6.07, 6.45) is 7.11. The van der Waals surface area contributed by atoms with Gasteiger partial charge in [-0.1, -0.05) is 100 Å². The molecule has 0 bridgehead atoms. The molecule has 3 nitrogen and oxygen atoms in total. The molecule has 0 aliphatic carbocycles. The van der Waals surface area contributed by atoms with Crippen LogP contribution >= 0.6 is 0 Å². The van der Waals surface area contributed by atoms with Crippen molar-refractivity contribution in [2.75, 3.05) is 0 Å². The summed E-state index contributed by atoms with van der Waals surface area (Å²) in [6, 6.07) is 17.5. The maximum absolute atomic E-state index is 12.0. The molecule has 134 valence electrons. The summed E-state index contributed by atoms with van der Waals surface area (Å²) in [4.78, 5) is 12.0. The quantitative estimate of drug-likeness (QED) is 0.574. The van der Waals surface area contributed by atoms with E-state index in [2.05, 4.69) is 6.92 Å². The molecule has 0 fully saturated rings. The molecule has 3 N–H and O–H groups in total. The smallest absolute Gasteiger partial charge is 0.328 e. The lowest BCUT2D eigenvalue weighted by molar-refractivity contribution is -0.144. The first-order chi connectivity index (χ1) is 12.1. The zero-order valence-electron chi connectivity index (χ0n) is 15.1. The summed E-state index contributed by atoms with van der Waals surface area (Å²) in [5, 5.41) is 9.87. The molecule has 2 aromatic rings. The van der Waals surface area contributed by atoms with Crippen LogP contribution in [0.2, 0.25) is 0 Å². The molecular weight excluding hydrogens is 310 g/mol. The Morgan fingerprint density at radius 3 is 2.20 bits per heavy atom. The van der Waals surface area contributed by atoms with Crippen LogP contribution in [0.15, 0.2) is 54.6 Å². The van der Waals surface area contributed by atoms with Crippen LogP contribution in [0.4, 0.5) is 0 Å². The van der Waals surface area contributed by atoms with Crippen LogP contribution in [0.5, 0.6) is 0 Å². The Kier molecular flexibility index (Phi) is 7.20. The fourth-order valence-corrected chi connectivity index (χ4v) is 3.28. The Hall–Kier alpha value is -2.13. The van der Waals surface area contributed by atoms with Gasteiger partial charge in [0.15, 0.2) is 0 Å². The third-order valence-electron chi connectivity index (χ3n) is 4.80. The molecule has 0 aliphatic heterocycles. The number of nitrogens with two attached hydrogens (primary N) is 1. The van der Waals surface area contributed by atoms with Crippen molar-refractivity contribution in [1.29, 1.82) is 0 Å². The van der Waals surface area contributed by atoms with E-state index < -0.39 is 11.5 Å². The number of aliphatic carboxylic acids is 1. The molecule has 2 rings (SSSR count). The second kappa shape index (κ2) is 9.38. The van der Waals surface area contributed by atoms with E-state index in [0.717, 1.165) is 30.4 Å². The first-order valence-corrected chi connectivity index (χ1v) is 9.27. The van der Waals surface area contributed by atoms with Crippen LogP contribution in [0.3, 0.4) is 0 Å². The molecule has 1 atom stereocenters. The van der Waals surface area contributed by atoms with E-state index in [1.54, 1.807) is 0 Å². The van der Waals surface area contributed by atoms with Gasteiger partial charge in [-0.05, 0) is 23.1 Å². The van der Waals surface area contributed by atoms with Crippen molar-refractivity contribution in [2.24, 2.45) is 5.73 Å². The summed E-state index contributed by atoms with van der Waals surface area (Å²) >= 11 is 0. The van der Waals surface area contributed by atoms with Gasteiger partial charge in [0.05, 0.1) is 0 Å². The molecule has 0 radical (unpaired) electrons. The van der Waals surface area contributed by atoms with Gasteiger partial charge < -0.3 is 10.8 Å². The van der Waals surface area contributed by atoms with Crippen LogP contribution < -0.4 is 5.73 Å². The highest BCUT2D eigenvalue weighted by Gasteiger charge is 2.37. The summed E-state index contributed by atoms with van der Waals surface area (Å²) < 4.78 is 0. The summed E-state index contributed by atoms with van der Waals surface area (Å²) in [5.74, 6) is -0.954. The average molecular weight is 339 g/mol. The number of carboxylic acid groups (broad SMARTS) is 1. The number of hydrogen-bond acceptors (Lipinski definition) is 2. The van der Waals surface area contributed by atoms with Crippen LogP contribution in [-0.4, -0.2) is 11.1 Å². The van der Waals surface area contributed by atoms with Gasteiger partial charge in [0.2, 0.25) is 0 Å². The third-order valence-corrected chi connectivity index (χ3v) is 4.80. The van der Waals surface area contributed by atoms with Crippen molar-refractivity contribution < 1.29 is 9.90 Å². The Morgan fingerprint density at radius 2 is 1.52 bits per heavy atom. The van der Waals surface area contributed by atoms with Crippen molar-refractivity contribution in [3.8, 4) is 11.1 Å². The first kappa shape index (κ1) is 19.2. The normalized spacial score (nSPS) is 13.4. The number of benzene rings is 2. The summed E-state index contributed by atoms with van der Waals surface area (Å²) in [6.45, 7) is 2.19. The summed E-state index contributed by atoms with van der Waals surface area (Å²) in [7, 11) is 0. The lowest BCUT2D eigenvalue weighted by Crippen LogP contribution is -2.45. The van der Waals surface area contributed by atoms with Crippen LogP contribution in [0.25, 0.3) is 11.1 Å². The minimum Gasteiger partial charge on any atom is -0.480 e. The van der Waals surface area contributed by atoms with Crippen molar-refractivity contribution >= 4 is 5.97 Å². The molecule has 2 aromatic carbocycles. The second-order valence-electron chi connectivity index (χ2n) is 6.71. The van der Waals surface area contributed by atoms with Gasteiger partial charge >= 0.3 is 5.97 Å². The fourth-order valence-electron chi connectivity index (χ4n) is 3.28. The number of rotatable bonds is 10. The molecule has 0 spiro atoms. The molecule has 0 amide bonds. The van der Waals surface area contributed by atoms with Gasteiger partial charge in [-0.3, -0.25) is 0 Å². The molecular formula is C22H29NO2. The molecule has 0 saturated carbocycles. The molecule has 25 heavy (non-hydrogen) atoms. The van der Waals surface area contributed by atoms with E-state index in [4.69, 9.17) is 5.73 Å². The van der Waals surface area contributed by atoms with Crippen molar-refractivity contribution in [2.45, 2.75) is 57.4 Å². The number of unbranched alkanes of at least 4 members (excludes halogenated alkanes) is 5. The van der Waals surface area contributed by atoms with Crippen LogP contribution in [0.1, 0.15) is 57.4 Å². The van der Waals surface area contributed by atoms with Gasteiger partial charge in [-0.15, -0.1) is 0 Å². The van der Waals surface area contributed by atoms with E-state index in [0.29, 0.717) is 12.0 Å². The molecule has 0 saturated heterocycles. The number of carboxylic acids is 1. The highest BCUT2D eigenvalue weighted by molar-refractivity contribution is 5.84. The third kappa shape index (κ3) is 4.93. The predicted molar refractivity (Wildman–Crippen MR) is 103 cm³/mol. The first-order valence-electron chi connectivity index (χ1n) is 9.27. The maximum Gasteiger partial charge on any atom is 0.328 e. The van der Waals surface area contributed by atoms with E-state index in [-0.39, 0.29) is 0 Å². The summed E-state index contributed by atoms with van der Waals surface area (Å²) in [5.41, 5.74) is 7.69. The predicted octanol–water partition coefficient (Wildman–Crippen LogP) is 5.34. The van der Waals surface area contributed by atoms with Gasteiger partial charge in [0, 0.05) is 0 Å². The molecule has 0 heterocycles. The standard InChI is InChI=1S/C22H29NO2/c1-2-3-4-5-6-12-17-22(23,21(24)25)20-16-11-10-15-19(20)18-13-8-7-9-14-18/h7-11,13-16H,2-6,12,17,23H2,1H3,(H,24,25). The highest BCUT2D eigenvalue weighted by atomic mass is 16.4. The Labute approximate surface area is 150 Å². The largest absolute Gasteiger partial charge is 0.480 e. The van der Waals surface area contributed by atoms with Gasteiger partial charge in [0.25, 0.3) is 0 Å². The van der Waals surface area contributed by atoms with E-state index in [1.165, 1.54) is 19.3 Å². The van der Waals surface area contributed by atoms with Crippen LogP contribution in [0, 0.1) is 0 Å². The average Bonchev–Trinajstić information content (AvgIpc) is 2.65. The molecule has 1 unspecified atom stereocenters. The van der Waals surface area contributed by atoms with Crippen LogP contribution in [-0.2, 0) is 10.3 Å². The Bertz CT molecular complexity index is 669. The zero-order chi connectivity index (χ0) is 18.1. The van der Waals surface area contributed by atoms with E-state index in [9.17, 15) is 9.90 Å². The maximum atomic E-state index is 12.0. The Balaban J connectivity index is 2.21. The van der Waals surface area contributed by atoms with Crippen molar-refractivity contribution in [3.63, 3.8) is 0 Å². The van der Waals surface area contributed by atoms with Gasteiger partial charge in [-0.25, -0.2) is 4.79 Å². The fraction of sp³-hybridized carbons (Fsp3) is 0.409. The van der Waals surface area contributed by atoms with Crippen molar-refractivity contribution in [3.05, 3.63) is 60.2 Å².